The van der Waals surface area contributed by atoms with Gasteiger partial charge in [-0.1, -0.05) is 30.3 Å². The number of carbonyl (C=O) groups is 9. The van der Waals surface area contributed by atoms with E-state index < -0.39 is 129 Å². The first kappa shape index (κ1) is 46.7. The van der Waals surface area contributed by atoms with Crippen molar-refractivity contribution < 1.29 is 58.1 Å². The molecular weight excluding hydrogens is 730 g/mol. The number of hydrogen-bond acceptors (Lipinski definition) is 13. The van der Waals surface area contributed by atoms with Crippen LogP contribution in [0, 0.1) is 0 Å². The number of carbonyl (C=O) groups excluding carboxylic acids is 8. The molecule has 1 rings (SSSR count). The third-order valence-corrected chi connectivity index (χ3v) is 7.39. The molecule has 55 heavy (non-hydrogen) atoms. The molecule has 5 atom stereocenters. The standard InChI is InChI=1S/C32H49N11O12/c33-18(15-44)27(50)43-22(13-24(35)46)31(54)42-20(8-10-23(34)45)29(52)41-21(9-11-26(49)55-16-17-5-2-1-3-6-17)30(53)40-19(7-4-12-38-32(36)37)28(51)39-14-25(47)48/h1-3,5-6,18-22,44H,4,7-16,33H2,(H2,34,45)(H2,35,46)(H,39,51)(H,40,53)(H,41,52)(H,42,54)(H,43,50)(H,47,48)(H4,36,37,38)/t18-,19-,20-,21-,22-/m0/s1. The Morgan fingerprint density at radius 2 is 1.22 bits per heavy atom. The molecule has 0 spiro atoms. The minimum atomic E-state index is -1.70. The lowest BCUT2D eigenvalue weighted by molar-refractivity contribution is -0.145. The smallest absolute Gasteiger partial charge is 0.322 e. The van der Waals surface area contributed by atoms with Gasteiger partial charge in [-0.3, -0.25) is 48.1 Å². The van der Waals surface area contributed by atoms with Crippen molar-refractivity contribution in [2.75, 3.05) is 19.7 Å². The number of esters is 1. The number of carboxylic acids is 1. The summed E-state index contributed by atoms with van der Waals surface area (Å²) < 4.78 is 5.26. The van der Waals surface area contributed by atoms with Gasteiger partial charge in [0.25, 0.3) is 0 Å². The fourth-order valence-electron chi connectivity index (χ4n) is 4.54. The van der Waals surface area contributed by atoms with E-state index in [1.807, 2.05) is 0 Å². The molecule has 7 amide bonds. The van der Waals surface area contributed by atoms with Gasteiger partial charge in [0.2, 0.25) is 41.4 Å². The van der Waals surface area contributed by atoms with E-state index in [1.165, 1.54) is 0 Å². The third kappa shape index (κ3) is 19.9. The van der Waals surface area contributed by atoms with E-state index in [0.717, 1.165) is 0 Å². The largest absolute Gasteiger partial charge is 0.480 e. The number of aliphatic imine (C=N–C) groups is 1. The minimum absolute atomic E-state index is 0.0265. The number of amides is 7. The number of primary amides is 2. The van der Waals surface area contributed by atoms with E-state index in [-0.39, 0.29) is 32.0 Å². The Balaban J connectivity index is 3.38. The molecule has 0 aliphatic rings. The second-order valence-corrected chi connectivity index (χ2v) is 12.0. The Labute approximate surface area is 314 Å². The lowest BCUT2D eigenvalue weighted by Crippen LogP contribution is -2.59. The fraction of sp³-hybridized carbons (Fsp3) is 0.500. The van der Waals surface area contributed by atoms with Crippen molar-refractivity contribution in [2.24, 2.45) is 33.7 Å². The van der Waals surface area contributed by atoms with E-state index >= 15 is 0 Å². The summed E-state index contributed by atoms with van der Waals surface area (Å²) in [7, 11) is 0. The van der Waals surface area contributed by atoms with Crippen LogP contribution < -0.4 is 55.3 Å². The van der Waals surface area contributed by atoms with Crippen molar-refractivity contribution in [3.63, 3.8) is 0 Å². The van der Waals surface area contributed by atoms with Crippen LogP contribution in [0.2, 0.25) is 0 Å². The molecule has 0 unspecified atom stereocenters. The zero-order valence-electron chi connectivity index (χ0n) is 29.9. The first-order valence-electron chi connectivity index (χ1n) is 16.8. The normalized spacial score (nSPS) is 13.3. The van der Waals surface area contributed by atoms with Gasteiger partial charge in [0.15, 0.2) is 5.96 Å². The summed E-state index contributed by atoms with van der Waals surface area (Å²) in [5.74, 6) is -9.59. The van der Waals surface area contributed by atoms with Crippen molar-refractivity contribution in [1.29, 1.82) is 0 Å². The average molecular weight is 780 g/mol. The third-order valence-electron chi connectivity index (χ3n) is 7.39. The minimum Gasteiger partial charge on any atom is -0.480 e. The summed E-state index contributed by atoms with van der Waals surface area (Å²) in [6, 6.07) is 0.746. The number of aliphatic hydroxyl groups excluding tert-OH is 1. The van der Waals surface area contributed by atoms with Crippen molar-refractivity contribution in [1.82, 2.24) is 26.6 Å². The first-order chi connectivity index (χ1) is 25.9. The van der Waals surface area contributed by atoms with Crippen LogP contribution in [-0.2, 0) is 54.5 Å². The summed E-state index contributed by atoms with van der Waals surface area (Å²) in [5.41, 5.74) is 27.3. The van der Waals surface area contributed by atoms with Gasteiger partial charge in [-0.05, 0) is 31.2 Å². The zero-order valence-corrected chi connectivity index (χ0v) is 29.9. The van der Waals surface area contributed by atoms with Gasteiger partial charge in [-0.15, -0.1) is 0 Å². The van der Waals surface area contributed by atoms with Crippen LogP contribution in [-0.4, -0.2) is 119 Å². The van der Waals surface area contributed by atoms with Gasteiger partial charge in [0.1, 0.15) is 43.4 Å². The number of hydrogen-bond donors (Lipinski definition) is 12. The van der Waals surface area contributed by atoms with Crippen LogP contribution in [0.5, 0.6) is 0 Å². The molecule has 0 radical (unpaired) electrons. The van der Waals surface area contributed by atoms with Crippen molar-refractivity contribution in [2.45, 2.75) is 81.8 Å². The van der Waals surface area contributed by atoms with Gasteiger partial charge in [0, 0.05) is 19.4 Å². The van der Waals surface area contributed by atoms with Crippen LogP contribution in [0.3, 0.4) is 0 Å². The number of aliphatic carboxylic acids is 1. The lowest BCUT2D eigenvalue weighted by Gasteiger charge is -2.26. The molecule has 0 saturated carbocycles. The molecule has 23 heteroatoms. The fourth-order valence-corrected chi connectivity index (χ4v) is 4.54. The molecular formula is C32H49N11O12. The Morgan fingerprint density at radius 3 is 1.73 bits per heavy atom. The highest BCUT2D eigenvalue weighted by molar-refractivity contribution is 5.97. The van der Waals surface area contributed by atoms with Crippen LogP contribution in [0.15, 0.2) is 35.3 Å². The molecule has 23 nitrogen and oxygen atoms in total. The van der Waals surface area contributed by atoms with Crippen molar-refractivity contribution in [3.05, 3.63) is 35.9 Å². The SMILES string of the molecule is NC(=O)CC[C@H](NC(=O)[C@H](CC(N)=O)NC(=O)[C@@H](N)CO)C(=O)N[C@@H](CCC(=O)OCc1ccccc1)C(=O)N[C@@H](CCCN=C(N)N)C(=O)NCC(=O)O. The summed E-state index contributed by atoms with van der Waals surface area (Å²) >= 11 is 0. The maximum Gasteiger partial charge on any atom is 0.322 e. The number of aliphatic hydroxyl groups is 1. The highest BCUT2D eigenvalue weighted by atomic mass is 16.5. The molecule has 304 valence electrons. The lowest BCUT2D eigenvalue weighted by atomic mass is 10.0. The number of guanidine groups is 1. The quantitative estimate of drug-likeness (QED) is 0.0180. The average Bonchev–Trinajstić information content (AvgIpc) is 3.13. The highest BCUT2D eigenvalue weighted by Gasteiger charge is 2.33. The summed E-state index contributed by atoms with van der Waals surface area (Å²) in [6.07, 6.45) is -2.59. The molecule has 0 fully saturated rings. The Kier molecular flexibility index (Phi) is 21.0. The predicted molar refractivity (Wildman–Crippen MR) is 191 cm³/mol. The van der Waals surface area contributed by atoms with E-state index in [0.29, 0.717) is 5.56 Å². The number of benzene rings is 1. The van der Waals surface area contributed by atoms with Gasteiger partial charge in [-0.2, -0.15) is 0 Å². The Bertz CT molecular complexity index is 1540. The van der Waals surface area contributed by atoms with Gasteiger partial charge < -0.3 is 70.2 Å². The molecule has 1 aromatic rings. The predicted octanol–water partition coefficient (Wildman–Crippen LogP) is -5.84. The van der Waals surface area contributed by atoms with E-state index in [4.69, 9.17) is 38.5 Å². The maximum atomic E-state index is 13.7. The van der Waals surface area contributed by atoms with Crippen molar-refractivity contribution in [3.8, 4) is 0 Å². The maximum absolute atomic E-state index is 13.7. The second-order valence-electron chi connectivity index (χ2n) is 12.0. The van der Waals surface area contributed by atoms with Gasteiger partial charge in [-0.25, -0.2) is 0 Å². The number of nitrogens with zero attached hydrogens (tertiary/aromatic N) is 1. The van der Waals surface area contributed by atoms with E-state index in [9.17, 15) is 48.3 Å². The van der Waals surface area contributed by atoms with Crippen LogP contribution >= 0.6 is 0 Å². The Hall–Kier alpha value is -6.36. The summed E-state index contributed by atoms with van der Waals surface area (Å²) in [5, 5.41) is 29.5. The molecule has 0 saturated heterocycles. The number of ether oxygens (including phenoxy) is 1. The number of nitrogens with two attached hydrogens (primary N) is 5. The molecule has 1 aromatic carbocycles. The first-order valence-corrected chi connectivity index (χ1v) is 16.8. The molecule has 17 N–H and O–H groups in total. The second kappa shape index (κ2) is 24.8. The zero-order chi connectivity index (χ0) is 41.5. The molecule has 0 bridgehead atoms. The van der Waals surface area contributed by atoms with Gasteiger partial charge in [0.05, 0.1) is 13.0 Å². The number of nitrogens with one attached hydrogen (secondary N) is 5. The summed E-state index contributed by atoms with van der Waals surface area (Å²) in [6.45, 7) is -1.70. The summed E-state index contributed by atoms with van der Waals surface area (Å²) in [4.78, 5) is 117. The van der Waals surface area contributed by atoms with Crippen LogP contribution in [0.4, 0.5) is 0 Å². The number of rotatable bonds is 26. The van der Waals surface area contributed by atoms with Crippen molar-refractivity contribution >= 4 is 59.2 Å². The van der Waals surface area contributed by atoms with Crippen LogP contribution in [0.25, 0.3) is 0 Å². The topological polar surface area (TPSA) is 406 Å². The van der Waals surface area contributed by atoms with E-state index in [2.05, 4.69) is 31.6 Å². The molecule has 0 aliphatic heterocycles. The Morgan fingerprint density at radius 1 is 0.691 bits per heavy atom. The van der Waals surface area contributed by atoms with Crippen LogP contribution in [0.1, 0.15) is 50.5 Å². The monoisotopic (exact) mass is 779 g/mol. The number of carboxylic acid groups (broad SMARTS) is 1. The highest BCUT2D eigenvalue weighted by Crippen LogP contribution is 2.09. The molecule has 0 aromatic heterocycles. The molecule has 0 heterocycles. The van der Waals surface area contributed by atoms with E-state index in [1.54, 1.807) is 30.3 Å². The van der Waals surface area contributed by atoms with Gasteiger partial charge >= 0.3 is 11.9 Å². The molecule has 0 aliphatic carbocycles.